The first-order chi connectivity index (χ1) is 5.79. The summed E-state index contributed by atoms with van der Waals surface area (Å²) in [5.41, 5.74) is 0.727. The van der Waals surface area contributed by atoms with Crippen molar-refractivity contribution in [1.82, 2.24) is 0 Å². The Balaban J connectivity index is 3.10. The van der Waals surface area contributed by atoms with E-state index in [2.05, 4.69) is 0 Å². The summed E-state index contributed by atoms with van der Waals surface area (Å²) >= 11 is 5.76. The van der Waals surface area contributed by atoms with Crippen molar-refractivity contribution in [2.24, 2.45) is 0 Å². The Morgan fingerprint density at radius 3 is 2.67 bits per heavy atom. The van der Waals surface area contributed by atoms with Gasteiger partial charge in [-0.15, -0.1) is 0 Å². The minimum atomic E-state index is -0.347. The van der Waals surface area contributed by atoms with Crippen LogP contribution in [0.25, 0.3) is 5.57 Å². The van der Waals surface area contributed by atoms with Crippen LogP contribution in [-0.2, 0) is 0 Å². The molecule has 1 aromatic rings. The minimum Gasteiger partial charge on any atom is -0.392 e. The molecule has 0 radical (unpaired) electrons. The van der Waals surface area contributed by atoms with E-state index in [1.165, 1.54) is 0 Å². The van der Waals surface area contributed by atoms with Crippen molar-refractivity contribution in [3.63, 3.8) is 0 Å². The standard InChI is InChI=1S/C9H8ClFO/c10-9-4-2-1-3-8(9)7(5-11)6-12/h1-5,12H,6H2. The van der Waals surface area contributed by atoms with E-state index in [-0.39, 0.29) is 12.2 Å². The van der Waals surface area contributed by atoms with E-state index in [1.54, 1.807) is 24.3 Å². The quantitative estimate of drug-likeness (QED) is 0.753. The van der Waals surface area contributed by atoms with Gasteiger partial charge in [0.25, 0.3) is 0 Å². The number of halogens is 2. The molecule has 0 unspecified atom stereocenters. The molecule has 0 aromatic heterocycles. The molecule has 64 valence electrons. The fourth-order valence-corrected chi connectivity index (χ4v) is 1.16. The van der Waals surface area contributed by atoms with Gasteiger partial charge in [0.05, 0.1) is 12.9 Å². The lowest BCUT2D eigenvalue weighted by Gasteiger charge is -2.03. The Kier molecular flexibility index (Phi) is 3.26. The molecule has 0 fully saturated rings. The number of hydrogen-bond acceptors (Lipinski definition) is 1. The Morgan fingerprint density at radius 2 is 2.17 bits per heavy atom. The first-order valence-corrected chi connectivity index (χ1v) is 3.82. The molecule has 1 aromatic carbocycles. The van der Waals surface area contributed by atoms with Crippen molar-refractivity contribution < 1.29 is 9.50 Å². The van der Waals surface area contributed by atoms with Crippen LogP contribution in [0, 0.1) is 0 Å². The van der Waals surface area contributed by atoms with Crippen LogP contribution in [0.15, 0.2) is 30.6 Å². The first kappa shape index (κ1) is 9.23. The molecule has 0 aliphatic carbocycles. The largest absolute Gasteiger partial charge is 0.392 e. The van der Waals surface area contributed by atoms with E-state index in [0.29, 0.717) is 16.9 Å². The maximum Gasteiger partial charge on any atom is 0.0928 e. The molecular weight excluding hydrogens is 179 g/mol. The molecule has 1 rings (SSSR count). The molecule has 0 spiro atoms. The monoisotopic (exact) mass is 186 g/mol. The highest BCUT2D eigenvalue weighted by atomic mass is 35.5. The van der Waals surface area contributed by atoms with Gasteiger partial charge in [-0.3, -0.25) is 0 Å². The molecule has 0 saturated heterocycles. The SMILES string of the molecule is OCC(=CF)c1ccccc1Cl. The summed E-state index contributed by atoms with van der Waals surface area (Å²) in [6.07, 6.45) is 0.362. The van der Waals surface area contributed by atoms with Gasteiger partial charge in [0.1, 0.15) is 0 Å². The number of rotatable bonds is 2. The fraction of sp³-hybridized carbons (Fsp3) is 0.111. The average molecular weight is 187 g/mol. The van der Waals surface area contributed by atoms with Gasteiger partial charge in [-0.1, -0.05) is 29.8 Å². The zero-order chi connectivity index (χ0) is 8.97. The molecule has 0 amide bonds. The summed E-state index contributed by atoms with van der Waals surface area (Å²) < 4.78 is 12.1. The fourth-order valence-electron chi connectivity index (χ4n) is 0.900. The van der Waals surface area contributed by atoms with Crippen LogP contribution < -0.4 is 0 Å². The van der Waals surface area contributed by atoms with E-state index >= 15 is 0 Å². The second kappa shape index (κ2) is 4.24. The first-order valence-electron chi connectivity index (χ1n) is 3.44. The van der Waals surface area contributed by atoms with Crippen molar-refractivity contribution in [3.8, 4) is 0 Å². The van der Waals surface area contributed by atoms with Crippen LogP contribution in [-0.4, -0.2) is 11.7 Å². The van der Waals surface area contributed by atoms with Gasteiger partial charge in [0.15, 0.2) is 0 Å². The summed E-state index contributed by atoms with van der Waals surface area (Å²) in [6.45, 7) is -0.347. The van der Waals surface area contributed by atoms with Crippen LogP contribution in [0.1, 0.15) is 5.56 Å². The van der Waals surface area contributed by atoms with E-state index in [9.17, 15) is 4.39 Å². The van der Waals surface area contributed by atoms with Gasteiger partial charge in [0, 0.05) is 16.2 Å². The predicted molar refractivity (Wildman–Crippen MR) is 47.6 cm³/mol. The molecule has 12 heavy (non-hydrogen) atoms. The van der Waals surface area contributed by atoms with Gasteiger partial charge in [-0.25, -0.2) is 4.39 Å². The molecule has 0 atom stereocenters. The van der Waals surface area contributed by atoms with Crippen LogP contribution in [0.3, 0.4) is 0 Å². The zero-order valence-corrected chi connectivity index (χ0v) is 7.05. The molecule has 0 heterocycles. The van der Waals surface area contributed by atoms with Crippen molar-refractivity contribution in [2.75, 3.05) is 6.61 Å². The topological polar surface area (TPSA) is 20.2 Å². The maximum atomic E-state index is 12.1. The van der Waals surface area contributed by atoms with Crippen molar-refractivity contribution in [3.05, 3.63) is 41.2 Å². The van der Waals surface area contributed by atoms with Crippen LogP contribution in [0.4, 0.5) is 4.39 Å². The van der Waals surface area contributed by atoms with Crippen LogP contribution in [0.5, 0.6) is 0 Å². The number of aliphatic hydroxyl groups excluding tert-OH is 1. The van der Waals surface area contributed by atoms with Crippen LogP contribution >= 0.6 is 11.6 Å². The van der Waals surface area contributed by atoms with Crippen molar-refractivity contribution in [1.29, 1.82) is 0 Å². The third-order valence-corrected chi connectivity index (χ3v) is 1.85. The highest BCUT2D eigenvalue weighted by Crippen LogP contribution is 2.22. The lowest BCUT2D eigenvalue weighted by atomic mass is 10.1. The molecule has 1 N–H and O–H groups in total. The van der Waals surface area contributed by atoms with Gasteiger partial charge < -0.3 is 5.11 Å². The molecule has 1 nitrogen and oxygen atoms in total. The second-order valence-electron chi connectivity index (χ2n) is 2.27. The summed E-state index contributed by atoms with van der Waals surface area (Å²) in [7, 11) is 0. The van der Waals surface area contributed by atoms with Gasteiger partial charge in [-0.05, 0) is 6.07 Å². The summed E-state index contributed by atoms with van der Waals surface area (Å²) in [4.78, 5) is 0. The summed E-state index contributed by atoms with van der Waals surface area (Å²) in [5, 5.41) is 9.18. The van der Waals surface area contributed by atoms with Gasteiger partial charge in [-0.2, -0.15) is 0 Å². The Bertz CT molecular complexity index is 296. The maximum absolute atomic E-state index is 12.1. The molecule has 0 aliphatic rings. The lowest BCUT2D eigenvalue weighted by molar-refractivity contribution is 0.348. The molecule has 0 aliphatic heterocycles. The number of aliphatic hydroxyl groups is 1. The molecule has 0 saturated carbocycles. The average Bonchev–Trinajstić information content (AvgIpc) is 2.10. The Labute approximate surface area is 75.1 Å². The molecule has 0 bridgehead atoms. The molecule has 3 heteroatoms. The second-order valence-corrected chi connectivity index (χ2v) is 2.68. The molecular formula is C9H8ClFO. The predicted octanol–water partition coefficient (Wildman–Crippen LogP) is 2.64. The number of benzene rings is 1. The van der Waals surface area contributed by atoms with E-state index in [1.807, 2.05) is 0 Å². The Morgan fingerprint density at radius 1 is 1.50 bits per heavy atom. The highest BCUT2D eigenvalue weighted by Gasteiger charge is 2.03. The zero-order valence-electron chi connectivity index (χ0n) is 6.30. The van der Waals surface area contributed by atoms with Gasteiger partial charge in [0.2, 0.25) is 0 Å². The smallest absolute Gasteiger partial charge is 0.0928 e. The van der Waals surface area contributed by atoms with Crippen LogP contribution in [0.2, 0.25) is 5.02 Å². The summed E-state index contributed by atoms with van der Waals surface area (Å²) in [5.74, 6) is 0. The lowest BCUT2D eigenvalue weighted by Crippen LogP contribution is -1.89. The van der Waals surface area contributed by atoms with Crippen molar-refractivity contribution in [2.45, 2.75) is 0 Å². The van der Waals surface area contributed by atoms with E-state index < -0.39 is 0 Å². The minimum absolute atomic E-state index is 0.195. The van der Waals surface area contributed by atoms with E-state index in [0.717, 1.165) is 0 Å². The van der Waals surface area contributed by atoms with Gasteiger partial charge >= 0.3 is 0 Å². The highest BCUT2D eigenvalue weighted by molar-refractivity contribution is 6.32. The van der Waals surface area contributed by atoms with Crippen molar-refractivity contribution >= 4 is 17.2 Å². The Hall–Kier alpha value is -0.860. The number of hydrogen-bond donors (Lipinski definition) is 1. The third-order valence-electron chi connectivity index (χ3n) is 1.52. The summed E-state index contributed by atoms with van der Waals surface area (Å²) in [6, 6.07) is 6.79. The van der Waals surface area contributed by atoms with E-state index in [4.69, 9.17) is 16.7 Å². The normalized spacial score (nSPS) is 11.8. The third kappa shape index (κ3) is 1.84.